The van der Waals surface area contributed by atoms with Crippen LogP contribution in [0.4, 0.5) is 0 Å². The fraction of sp³-hybridized carbons (Fsp3) is 0.625. The molecule has 1 aromatic rings. The van der Waals surface area contributed by atoms with Gasteiger partial charge in [0.25, 0.3) is 5.91 Å². The first kappa shape index (κ1) is 8.22. The van der Waals surface area contributed by atoms with Gasteiger partial charge in [-0.15, -0.1) is 0 Å². The summed E-state index contributed by atoms with van der Waals surface area (Å²) in [6.07, 6.45) is 1.07. The van der Waals surface area contributed by atoms with Gasteiger partial charge in [-0.25, -0.2) is 0 Å². The molecule has 70 valence electrons. The normalized spacial score (nSPS) is 25.7. The molecule has 0 spiro atoms. The molecule has 2 rings (SSSR count). The minimum Gasteiger partial charge on any atom is -0.348 e. The summed E-state index contributed by atoms with van der Waals surface area (Å²) >= 11 is 0. The van der Waals surface area contributed by atoms with Crippen LogP contribution in [0.5, 0.6) is 0 Å². The molecule has 0 aromatic carbocycles. The highest BCUT2D eigenvalue weighted by atomic mass is 16.2. The summed E-state index contributed by atoms with van der Waals surface area (Å²) in [7, 11) is 0. The van der Waals surface area contributed by atoms with Gasteiger partial charge in [0.05, 0.1) is 5.69 Å². The number of H-pyrrole nitrogens is 1. The maximum atomic E-state index is 11.5. The first-order valence-electron chi connectivity index (χ1n) is 4.36. The fourth-order valence-corrected chi connectivity index (χ4v) is 1.26. The van der Waals surface area contributed by atoms with E-state index < -0.39 is 0 Å². The van der Waals surface area contributed by atoms with Gasteiger partial charge in [0.15, 0.2) is 5.69 Å². The van der Waals surface area contributed by atoms with Crippen molar-refractivity contribution in [1.29, 1.82) is 0 Å². The van der Waals surface area contributed by atoms with Crippen LogP contribution >= 0.6 is 0 Å². The van der Waals surface area contributed by atoms with E-state index in [1.165, 1.54) is 0 Å². The van der Waals surface area contributed by atoms with E-state index >= 15 is 0 Å². The molecular weight excluding hydrogens is 168 g/mol. The van der Waals surface area contributed by atoms with Gasteiger partial charge < -0.3 is 5.32 Å². The van der Waals surface area contributed by atoms with Crippen molar-refractivity contribution in [2.75, 3.05) is 0 Å². The maximum absolute atomic E-state index is 11.5. The summed E-state index contributed by atoms with van der Waals surface area (Å²) < 4.78 is 0. The van der Waals surface area contributed by atoms with Crippen LogP contribution in [0.25, 0.3) is 0 Å². The topological polar surface area (TPSA) is 70.7 Å². The average molecular weight is 180 g/mol. The number of hydrogen-bond acceptors (Lipinski definition) is 3. The van der Waals surface area contributed by atoms with Crippen LogP contribution < -0.4 is 5.32 Å². The minimum atomic E-state index is -0.124. The van der Waals surface area contributed by atoms with E-state index in [4.69, 9.17) is 0 Å². The van der Waals surface area contributed by atoms with Crippen molar-refractivity contribution in [2.24, 2.45) is 5.92 Å². The Bertz CT molecular complexity index is 333. The monoisotopic (exact) mass is 180 g/mol. The first-order chi connectivity index (χ1) is 6.18. The standard InChI is InChI=1S/C8H12N4O/c1-4-3-6(4)9-8(13)7-5(2)10-12-11-7/h4,6H,3H2,1-2H3,(H,9,13)(H,10,11,12)/t4-,6-/m1/s1. The third-order valence-electron chi connectivity index (χ3n) is 2.36. The highest BCUT2D eigenvalue weighted by molar-refractivity contribution is 5.93. The molecule has 0 radical (unpaired) electrons. The number of aromatic amines is 1. The molecular formula is C8H12N4O. The third kappa shape index (κ3) is 1.54. The molecule has 2 atom stereocenters. The summed E-state index contributed by atoms with van der Waals surface area (Å²) in [6.45, 7) is 3.87. The second-order valence-corrected chi connectivity index (χ2v) is 3.55. The van der Waals surface area contributed by atoms with E-state index in [9.17, 15) is 4.79 Å². The quantitative estimate of drug-likeness (QED) is 0.685. The maximum Gasteiger partial charge on any atom is 0.273 e. The lowest BCUT2D eigenvalue weighted by Gasteiger charge is -1.99. The van der Waals surface area contributed by atoms with E-state index in [1.54, 1.807) is 6.92 Å². The lowest BCUT2D eigenvalue weighted by molar-refractivity contribution is 0.0943. The van der Waals surface area contributed by atoms with E-state index in [1.807, 2.05) is 0 Å². The summed E-state index contributed by atoms with van der Waals surface area (Å²) in [6, 6.07) is 0.337. The highest BCUT2D eigenvalue weighted by Crippen LogP contribution is 2.29. The molecule has 13 heavy (non-hydrogen) atoms. The zero-order chi connectivity index (χ0) is 9.42. The molecule has 0 aliphatic heterocycles. The van der Waals surface area contributed by atoms with E-state index in [0.717, 1.165) is 6.42 Å². The number of carbonyl (C=O) groups excluding carboxylic acids is 1. The fourth-order valence-electron chi connectivity index (χ4n) is 1.26. The zero-order valence-electron chi connectivity index (χ0n) is 7.66. The summed E-state index contributed by atoms with van der Waals surface area (Å²) in [5, 5.41) is 12.9. The number of nitrogens with one attached hydrogen (secondary N) is 2. The van der Waals surface area contributed by atoms with Gasteiger partial charge in [-0.3, -0.25) is 4.79 Å². The van der Waals surface area contributed by atoms with Gasteiger partial charge in [-0.05, 0) is 19.3 Å². The Balaban J connectivity index is 2.01. The second kappa shape index (κ2) is 2.83. The van der Waals surface area contributed by atoms with Crippen LogP contribution in [0.1, 0.15) is 29.5 Å². The van der Waals surface area contributed by atoms with Gasteiger partial charge in [-0.1, -0.05) is 6.92 Å². The Morgan fingerprint density at radius 1 is 1.62 bits per heavy atom. The van der Waals surface area contributed by atoms with Crippen LogP contribution in [0.15, 0.2) is 0 Å². The molecule has 1 heterocycles. The van der Waals surface area contributed by atoms with E-state index in [-0.39, 0.29) is 5.91 Å². The van der Waals surface area contributed by atoms with Gasteiger partial charge in [-0.2, -0.15) is 15.4 Å². The number of rotatable bonds is 2. The number of aryl methyl sites for hydroxylation is 1. The molecule has 1 fully saturated rings. The van der Waals surface area contributed by atoms with E-state index in [0.29, 0.717) is 23.3 Å². The number of carbonyl (C=O) groups is 1. The molecule has 1 aliphatic carbocycles. The van der Waals surface area contributed by atoms with Gasteiger partial charge in [0.2, 0.25) is 0 Å². The third-order valence-corrected chi connectivity index (χ3v) is 2.36. The van der Waals surface area contributed by atoms with Gasteiger partial charge in [0, 0.05) is 6.04 Å². The van der Waals surface area contributed by atoms with Crippen molar-refractivity contribution < 1.29 is 4.79 Å². The van der Waals surface area contributed by atoms with Crippen LogP contribution in [0.3, 0.4) is 0 Å². The lowest BCUT2D eigenvalue weighted by Crippen LogP contribution is -2.27. The summed E-state index contributed by atoms with van der Waals surface area (Å²) in [4.78, 5) is 11.5. The molecule has 5 nitrogen and oxygen atoms in total. The molecule has 1 saturated carbocycles. The van der Waals surface area contributed by atoms with Crippen molar-refractivity contribution in [3.63, 3.8) is 0 Å². The van der Waals surface area contributed by atoms with Crippen LogP contribution in [-0.4, -0.2) is 27.4 Å². The SMILES string of the molecule is Cc1n[nH]nc1C(=O)N[C@@H]1C[C@H]1C. The Kier molecular flexibility index (Phi) is 1.79. The van der Waals surface area contributed by atoms with Crippen molar-refractivity contribution >= 4 is 5.91 Å². The average Bonchev–Trinajstić information content (AvgIpc) is 2.62. The minimum absolute atomic E-state index is 0.124. The number of nitrogens with zero attached hydrogens (tertiary/aromatic N) is 2. The smallest absolute Gasteiger partial charge is 0.273 e. The predicted octanol–water partition coefficient (Wildman–Crippen LogP) is 0.251. The Morgan fingerprint density at radius 2 is 2.31 bits per heavy atom. The molecule has 0 bridgehead atoms. The first-order valence-corrected chi connectivity index (χ1v) is 4.36. The van der Waals surface area contributed by atoms with Crippen LogP contribution in [0.2, 0.25) is 0 Å². The summed E-state index contributed by atoms with van der Waals surface area (Å²) in [5.41, 5.74) is 1.05. The molecule has 1 amide bonds. The number of aromatic nitrogens is 3. The highest BCUT2D eigenvalue weighted by Gasteiger charge is 2.34. The molecule has 1 aliphatic rings. The predicted molar refractivity (Wildman–Crippen MR) is 46.2 cm³/mol. The zero-order valence-corrected chi connectivity index (χ0v) is 7.66. The molecule has 0 unspecified atom stereocenters. The Hall–Kier alpha value is -1.39. The van der Waals surface area contributed by atoms with Crippen molar-refractivity contribution in [1.82, 2.24) is 20.7 Å². The Labute approximate surface area is 75.9 Å². The molecule has 0 saturated heterocycles. The number of amides is 1. The lowest BCUT2D eigenvalue weighted by atomic mass is 10.3. The second-order valence-electron chi connectivity index (χ2n) is 3.55. The van der Waals surface area contributed by atoms with Crippen molar-refractivity contribution in [3.05, 3.63) is 11.4 Å². The van der Waals surface area contributed by atoms with Crippen LogP contribution in [-0.2, 0) is 0 Å². The Morgan fingerprint density at radius 3 is 2.77 bits per heavy atom. The largest absolute Gasteiger partial charge is 0.348 e. The number of hydrogen-bond donors (Lipinski definition) is 2. The van der Waals surface area contributed by atoms with E-state index in [2.05, 4.69) is 27.7 Å². The van der Waals surface area contributed by atoms with Crippen molar-refractivity contribution in [3.8, 4) is 0 Å². The van der Waals surface area contributed by atoms with Gasteiger partial charge in [0.1, 0.15) is 0 Å². The molecule has 5 heteroatoms. The van der Waals surface area contributed by atoms with Gasteiger partial charge >= 0.3 is 0 Å². The van der Waals surface area contributed by atoms with Crippen molar-refractivity contribution in [2.45, 2.75) is 26.3 Å². The molecule has 2 N–H and O–H groups in total. The molecule has 1 aromatic heterocycles. The summed E-state index contributed by atoms with van der Waals surface area (Å²) in [5.74, 6) is 0.483. The van der Waals surface area contributed by atoms with Crippen LogP contribution in [0, 0.1) is 12.8 Å².